The fourth-order valence-electron chi connectivity index (χ4n) is 6.74. The highest BCUT2D eigenvalue weighted by atomic mass is 16.5. The molecule has 4 atom stereocenters. The first-order valence-corrected chi connectivity index (χ1v) is 13.1. The van der Waals surface area contributed by atoms with E-state index in [1.807, 2.05) is 0 Å². The zero-order valence-electron chi connectivity index (χ0n) is 21.9. The molecule has 0 aliphatic carbocycles. The normalized spacial score (nSPS) is 25.7. The van der Waals surface area contributed by atoms with Crippen LogP contribution in [-0.2, 0) is 12.8 Å². The van der Waals surface area contributed by atoms with Crippen LogP contribution in [0.2, 0.25) is 0 Å². The van der Waals surface area contributed by atoms with Gasteiger partial charge in [0.05, 0.1) is 28.4 Å². The minimum atomic E-state index is 0.345. The summed E-state index contributed by atoms with van der Waals surface area (Å²) < 4.78 is 22.5. The van der Waals surface area contributed by atoms with Crippen LogP contribution in [0.25, 0.3) is 0 Å². The fraction of sp³-hybridized carbons (Fsp3) is 0.586. The van der Waals surface area contributed by atoms with Gasteiger partial charge < -0.3 is 24.3 Å². The molecule has 3 aliphatic heterocycles. The van der Waals surface area contributed by atoms with E-state index in [0.717, 1.165) is 55.4 Å². The summed E-state index contributed by atoms with van der Waals surface area (Å²) in [7, 11) is 6.90. The van der Waals surface area contributed by atoms with Gasteiger partial charge in [-0.15, -0.1) is 0 Å². The van der Waals surface area contributed by atoms with Gasteiger partial charge in [-0.1, -0.05) is 13.3 Å². The number of ether oxygens (including phenoxy) is 4. The van der Waals surface area contributed by atoms with Crippen LogP contribution in [0.5, 0.6) is 23.0 Å². The van der Waals surface area contributed by atoms with Gasteiger partial charge in [0, 0.05) is 25.2 Å². The third-order valence-corrected chi connectivity index (χ3v) is 8.64. The number of fused-ring (bicyclic) bond motifs is 4. The number of piperidine rings is 1. The van der Waals surface area contributed by atoms with E-state index in [2.05, 4.69) is 41.4 Å². The largest absolute Gasteiger partial charge is 0.493 e. The van der Waals surface area contributed by atoms with Crippen molar-refractivity contribution in [3.63, 3.8) is 0 Å². The number of hydrogen-bond acceptors (Lipinski definition) is 6. The molecule has 2 aromatic carbocycles. The van der Waals surface area contributed by atoms with Crippen LogP contribution < -0.4 is 24.3 Å². The van der Waals surface area contributed by atoms with Gasteiger partial charge in [-0.2, -0.15) is 0 Å². The van der Waals surface area contributed by atoms with Gasteiger partial charge in [0.1, 0.15) is 0 Å². The Kier molecular flexibility index (Phi) is 7.12. The Bertz CT molecular complexity index is 1050. The van der Waals surface area contributed by atoms with Gasteiger partial charge in [0.2, 0.25) is 0 Å². The summed E-state index contributed by atoms with van der Waals surface area (Å²) in [6, 6.07) is 9.61. The lowest BCUT2D eigenvalue weighted by Crippen LogP contribution is -2.46. The Labute approximate surface area is 209 Å². The molecule has 2 aromatic rings. The first-order valence-electron chi connectivity index (χ1n) is 13.1. The summed E-state index contributed by atoms with van der Waals surface area (Å²) in [5, 5.41) is 3.83. The lowest BCUT2D eigenvalue weighted by molar-refractivity contribution is 0.0434. The van der Waals surface area contributed by atoms with E-state index in [0.29, 0.717) is 23.9 Å². The van der Waals surface area contributed by atoms with E-state index in [1.54, 1.807) is 28.4 Å². The monoisotopic (exact) mass is 480 g/mol. The molecule has 5 rings (SSSR count). The lowest BCUT2D eigenvalue weighted by Gasteiger charge is -2.48. The summed E-state index contributed by atoms with van der Waals surface area (Å²) in [6.45, 7) is 5.66. The van der Waals surface area contributed by atoms with Crippen LogP contribution in [0.4, 0.5) is 0 Å². The van der Waals surface area contributed by atoms with Crippen LogP contribution in [0.15, 0.2) is 24.3 Å². The maximum Gasteiger partial charge on any atom is 0.161 e. The molecular formula is C29H40N2O4. The third kappa shape index (κ3) is 4.47. The van der Waals surface area contributed by atoms with Gasteiger partial charge in [-0.05, 0) is 90.6 Å². The van der Waals surface area contributed by atoms with Crippen LogP contribution >= 0.6 is 0 Å². The van der Waals surface area contributed by atoms with Crippen molar-refractivity contribution in [3.05, 3.63) is 46.5 Å². The van der Waals surface area contributed by atoms with Crippen molar-refractivity contribution < 1.29 is 18.9 Å². The van der Waals surface area contributed by atoms with Crippen molar-refractivity contribution in [2.75, 3.05) is 48.1 Å². The first-order chi connectivity index (χ1) is 17.1. The molecule has 0 unspecified atom stereocenters. The van der Waals surface area contributed by atoms with E-state index in [4.69, 9.17) is 18.9 Å². The average molecular weight is 481 g/mol. The van der Waals surface area contributed by atoms with Crippen LogP contribution in [0.3, 0.4) is 0 Å². The second-order valence-corrected chi connectivity index (χ2v) is 10.2. The molecule has 6 nitrogen and oxygen atoms in total. The quantitative estimate of drug-likeness (QED) is 0.606. The highest BCUT2D eigenvalue weighted by Crippen LogP contribution is 2.48. The zero-order valence-corrected chi connectivity index (χ0v) is 21.9. The molecule has 0 radical (unpaired) electrons. The van der Waals surface area contributed by atoms with Crippen molar-refractivity contribution in [3.8, 4) is 23.0 Å². The Morgan fingerprint density at radius 3 is 2.03 bits per heavy atom. The Balaban J connectivity index is 1.43. The third-order valence-electron chi connectivity index (χ3n) is 8.64. The number of hydrogen-bond donors (Lipinski definition) is 1. The summed E-state index contributed by atoms with van der Waals surface area (Å²) in [6.07, 6.45) is 5.65. The predicted octanol–water partition coefficient (Wildman–Crippen LogP) is 4.94. The fourth-order valence-corrected chi connectivity index (χ4v) is 6.74. The van der Waals surface area contributed by atoms with Crippen molar-refractivity contribution in [2.45, 2.75) is 51.1 Å². The van der Waals surface area contributed by atoms with Gasteiger partial charge in [-0.25, -0.2) is 0 Å². The maximum atomic E-state index is 5.68. The van der Waals surface area contributed by atoms with Gasteiger partial charge in [-0.3, -0.25) is 4.90 Å². The zero-order chi connectivity index (χ0) is 24.5. The molecule has 1 saturated heterocycles. The summed E-state index contributed by atoms with van der Waals surface area (Å²) >= 11 is 0. The van der Waals surface area contributed by atoms with E-state index in [-0.39, 0.29) is 0 Å². The minimum Gasteiger partial charge on any atom is -0.493 e. The van der Waals surface area contributed by atoms with Crippen LogP contribution in [0.1, 0.15) is 60.5 Å². The number of nitrogens with one attached hydrogen (secondary N) is 1. The van der Waals surface area contributed by atoms with Crippen molar-refractivity contribution in [2.24, 2.45) is 11.8 Å². The molecule has 0 spiro atoms. The Hall–Kier alpha value is -2.44. The lowest BCUT2D eigenvalue weighted by atomic mass is 9.72. The molecule has 3 aliphatic rings. The predicted molar refractivity (Wildman–Crippen MR) is 138 cm³/mol. The number of benzene rings is 2. The number of nitrogens with zero attached hydrogens (tertiary/aromatic N) is 1. The molecule has 1 N–H and O–H groups in total. The highest BCUT2D eigenvalue weighted by molar-refractivity contribution is 5.50. The van der Waals surface area contributed by atoms with Crippen molar-refractivity contribution >= 4 is 0 Å². The molecule has 0 amide bonds. The molecule has 3 heterocycles. The Morgan fingerprint density at radius 2 is 1.40 bits per heavy atom. The van der Waals surface area contributed by atoms with Crippen molar-refractivity contribution in [1.82, 2.24) is 10.2 Å². The van der Waals surface area contributed by atoms with Gasteiger partial charge >= 0.3 is 0 Å². The standard InChI is InChI=1S/C29H40N2O4/c1-6-18-17-31-10-8-20-14-27(33-3)29(35-5)16-23(20)25(31)12-21(18)11-24-22-15-28(34-4)26(32-2)13-19(22)7-9-30-24/h13-16,18,21,24-25,30H,6-12,17H2,1-5H3/t18-,21-,24-,25-/m1/s1. The number of rotatable bonds is 7. The molecule has 0 saturated carbocycles. The van der Waals surface area contributed by atoms with E-state index < -0.39 is 0 Å². The first kappa shape index (κ1) is 24.3. The molecule has 0 aromatic heterocycles. The molecule has 190 valence electrons. The SMILES string of the molecule is CC[C@@H]1CN2CCc3cc(OC)c(OC)cc3[C@H]2C[C@H]1C[C@H]1NCCc2cc(OC)c(OC)cc21. The van der Waals surface area contributed by atoms with E-state index in [9.17, 15) is 0 Å². The number of methoxy groups -OCH3 is 4. The average Bonchev–Trinajstić information content (AvgIpc) is 2.91. The Morgan fingerprint density at radius 1 is 0.800 bits per heavy atom. The molecule has 35 heavy (non-hydrogen) atoms. The summed E-state index contributed by atoms with van der Waals surface area (Å²) in [5.74, 6) is 4.69. The maximum absolute atomic E-state index is 5.68. The van der Waals surface area contributed by atoms with Crippen LogP contribution in [0, 0.1) is 11.8 Å². The topological polar surface area (TPSA) is 52.2 Å². The highest BCUT2D eigenvalue weighted by Gasteiger charge is 2.40. The molecular weight excluding hydrogens is 440 g/mol. The van der Waals surface area contributed by atoms with Gasteiger partial charge in [0.25, 0.3) is 0 Å². The van der Waals surface area contributed by atoms with Crippen molar-refractivity contribution in [1.29, 1.82) is 0 Å². The van der Waals surface area contributed by atoms with E-state index in [1.165, 1.54) is 41.6 Å². The van der Waals surface area contributed by atoms with Crippen LogP contribution in [-0.4, -0.2) is 53.0 Å². The molecule has 1 fully saturated rings. The molecule has 6 heteroatoms. The minimum absolute atomic E-state index is 0.345. The summed E-state index contributed by atoms with van der Waals surface area (Å²) in [5.41, 5.74) is 5.60. The molecule has 0 bridgehead atoms. The van der Waals surface area contributed by atoms with E-state index >= 15 is 0 Å². The van der Waals surface area contributed by atoms with Gasteiger partial charge in [0.15, 0.2) is 23.0 Å². The smallest absolute Gasteiger partial charge is 0.161 e. The second-order valence-electron chi connectivity index (χ2n) is 10.2. The second kappa shape index (κ2) is 10.3. The summed E-state index contributed by atoms with van der Waals surface area (Å²) in [4.78, 5) is 2.72.